The van der Waals surface area contributed by atoms with Crippen LogP contribution in [-0.4, -0.2) is 21.5 Å². The second-order valence-electron chi connectivity index (χ2n) is 8.32. The maximum Gasteiger partial charge on any atom is 0.107 e. The molecule has 0 amide bonds. The quantitative estimate of drug-likeness (QED) is 0.168. The van der Waals surface area contributed by atoms with Crippen molar-refractivity contribution < 1.29 is 0 Å². The normalized spacial score (nSPS) is 11.1. The van der Waals surface area contributed by atoms with Crippen LogP contribution in [0.1, 0.15) is 21.8 Å². The van der Waals surface area contributed by atoms with Gasteiger partial charge in [0.2, 0.25) is 0 Å². The number of hydrogen-bond acceptors (Lipinski definition) is 6. The molecule has 6 nitrogen and oxygen atoms in total. The molecule has 3 heterocycles. The summed E-state index contributed by atoms with van der Waals surface area (Å²) in [5.41, 5.74) is 4.82. The number of aromatic amines is 1. The Bertz CT molecular complexity index is 1550. The van der Waals surface area contributed by atoms with Crippen LogP contribution in [0, 0.1) is 18.3 Å². The number of imidazole rings is 1. The lowest BCUT2D eigenvalue weighted by Gasteiger charge is -2.15. The predicted molar refractivity (Wildman–Crippen MR) is 151 cm³/mol. The van der Waals surface area contributed by atoms with Gasteiger partial charge in [-0.1, -0.05) is 39.7 Å². The Kier molecular flexibility index (Phi) is 7.35. The largest absolute Gasteiger partial charge is 0.352 e. The third-order valence-corrected chi connectivity index (χ3v) is 7.72. The Morgan fingerprint density at radius 1 is 1.14 bits per heavy atom. The van der Waals surface area contributed by atoms with Gasteiger partial charge in [0.05, 0.1) is 27.5 Å². The van der Waals surface area contributed by atoms with Crippen molar-refractivity contribution in [2.24, 2.45) is 0 Å². The molecule has 3 N–H and O–H groups in total. The zero-order chi connectivity index (χ0) is 25.1. The van der Waals surface area contributed by atoms with Crippen LogP contribution in [0.3, 0.4) is 0 Å². The molecule has 0 aliphatic carbocycles. The highest BCUT2D eigenvalue weighted by Gasteiger charge is 2.14. The van der Waals surface area contributed by atoms with Gasteiger partial charge in [0.25, 0.3) is 0 Å². The lowest BCUT2D eigenvalue weighted by Crippen LogP contribution is -2.16. The van der Waals surface area contributed by atoms with Crippen molar-refractivity contribution in [2.45, 2.75) is 19.9 Å². The molecule has 9 heteroatoms. The standard InChI is InChI=1S/C27H22BrClN6S/c1-16-10-19(28)12-22(29)26(16)35-27-18(13-30)14-34-23-11-17(2-4-21(23)27)24-5-3-20(36-24)15-31-7-6-25-32-8-9-33-25/h2-5,8-12,14,31H,6-7,15H2,1H3,(H,32,33)(H,34,35). The monoisotopic (exact) mass is 576 g/mol. The maximum absolute atomic E-state index is 9.74. The number of pyridine rings is 1. The fourth-order valence-electron chi connectivity index (χ4n) is 4.03. The molecule has 0 bridgehead atoms. The van der Waals surface area contributed by atoms with Crippen molar-refractivity contribution in [1.82, 2.24) is 20.3 Å². The summed E-state index contributed by atoms with van der Waals surface area (Å²) in [4.78, 5) is 14.4. The van der Waals surface area contributed by atoms with Crippen LogP contribution in [0.4, 0.5) is 11.4 Å². The summed E-state index contributed by atoms with van der Waals surface area (Å²) in [6.45, 7) is 3.65. The fraction of sp³-hybridized carbons (Fsp3) is 0.148. The summed E-state index contributed by atoms with van der Waals surface area (Å²) in [7, 11) is 0. The topological polar surface area (TPSA) is 89.4 Å². The molecule has 5 aromatic rings. The van der Waals surface area contributed by atoms with Crippen LogP contribution in [0.2, 0.25) is 5.02 Å². The van der Waals surface area contributed by atoms with E-state index in [2.05, 4.69) is 71.9 Å². The molecule has 2 aromatic carbocycles. The first-order valence-electron chi connectivity index (χ1n) is 11.4. The van der Waals surface area contributed by atoms with Gasteiger partial charge < -0.3 is 15.6 Å². The van der Waals surface area contributed by atoms with E-state index in [4.69, 9.17) is 11.6 Å². The summed E-state index contributed by atoms with van der Waals surface area (Å²) in [6.07, 6.45) is 6.10. The highest BCUT2D eigenvalue weighted by molar-refractivity contribution is 9.10. The van der Waals surface area contributed by atoms with Gasteiger partial charge in [-0.15, -0.1) is 11.3 Å². The smallest absolute Gasteiger partial charge is 0.107 e. The van der Waals surface area contributed by atoms with Gasteiger partial charge in [-0.05, 0) is 48.4 Å². The van der Waals surface area contributed by atoms with Crippen molar-refractivity contribution in [3.63, 3.8) is 0 Å². The van der Waals surface area contributed by atoms with Crippen LogP contribution in [-0.2, 0) is 13.0 Å². The van der Waals surface area contributed by atoms with E-state index in [1.807, 2.05) is 31.3 Å². The van der Waals surface area contributed by atoms with Crippen molar-refractivity contribution in [3.8, 4) is 16.5 Å². The van der Waals surface area contributed by atoms with Crippen molar-refractivity contribution in [3.05, 3.63) is 92.4 Å². The number of H-pyrrole nitrogens is 1. The van der Waals surface area contributed by atoms with Gasteiger partial charge in [-0.2, -0.15) is 5.26 Å². The Hall–Kier alpha value is -3.22. The number of anilines is 2. The van der Waals surface area contributed by atoms with Crippen molar-refractivity contribution >= 4 is 61.1 Å². The van der Waals surface area contributed by atoms with Crippen molar-refractivity contribution in [2.75, 3.05) is 11.9 Å². The van der Waals surface area contributed by atoms with E-state index in [0.717, 1.165) is 57.5 Å². The molecule has 36 heavy (non-hydrogen) atoms. The lowest BCUT2D eigenvalue weighted by molar-refractivity contribution is 0.680. The zero-order valence-corrected chi connectivity index (χ0v) is 22.6. The zero-order valence-electron chi connectivity index (χ0n) is 19.4. The van der Waals surface area contributed by atoms with Crippen LogP contribution in [0.5, 0.6) is 0 Å². The molecule has 5 rings (SSSR count). The second kappa shape index (κ2) is 10.8. The molecule has 0 fully saturated rings. The highest BCUT2D eigenvalue weighted by Crippen LogP contribution is 2.37. The lowest BCUT2D eigenvalue weighted by atomic mass is 10.1. The Labute approximate surface area is 226 Å². The highest BCUT2D eigenvalue weighted by atomic mass is 79.9. The van der Waals surface area contributed by atoms with E-state index in [9.17, 15) is 5.26 Å². The van der Waals surface area contributed by atoms with E-state index in [0.29, 0.717) is 16.3 Å². The average molecular weight is 578 g/mol. The van der Waals surface area contributed by atoms with Crippen LogP contribution in [0.25, 0.3) is 21.3 Å². The minimum absolute atomic E-state index is 0.465. The Morgan fingerprint density at radius 3 is 2.81 bits per heavy atom. The first kappa shape index (κ1) is 24.5. The van der Waals surface area contributed by atoms with E-state index in [1.54, 1.807) is 23.7 Å². The SMILES string of the molecule is Cc1cc(Br)cc(Cl)c1Nc1c(C#N)cnc2cc(-c3ccc(CNCCc4ncc[nH]4)s3)ccc12. The molecule has 0 unspecified atom stereocenters. The molecule has 0 atom stereocenters. The number of nitrogens with zero attached hydrogens (tertiary/aromatic N) is 3. The van der Waals surface area contributed by atoms with Crippen LogP contribution in [0.15, 0.2) is 65.5 Å². The van der Waals surface area contributed by atoms with Gasteiger partial charge in [-0.25, -0.2) is 4.98 Å². The van der Waals surface area contributed by atoms with E-state index < -0.39 is 0 Å². The summed E-state index contributed by atoms with van der Waals surface area (Å²) in [6, 6.07) is 16.5. The first-order valence-corrected chi connectivity index (χ1v) is 13.3. The number of fused-ring (bicyclic) bond motifs is 1. The molecule has 0 saturated heterocycles. The number of halogens is 2. The summed E-state index contributed by atoms with van der Waals surface area (Å²) < 4.78 is 0.906. The molecule has 0 radical (unpaired) electrons. The van der Waals surface area contributed by atoms with E-state index in [-0.39, 0.29) is 0 Å². The average Bonchev–Trinajstić information content (AvgIpc) is 3.56. The first-order chi connectivity index (χ1) is 17.5. The number of thiophene rings is 1. The molecule has 0 saturated carbocycles. The number of benzene rings is 2. The van der Waals surface area contributed by atoms with E-state index in [1.165, 1.54) is 9.75 Å². The van der Waals surface area contributed by atoms with E-state index >= 15 is 0 Å². The Morgan fingerprint density at radius 2 is 2.03 bits per heavy atom. The van der Waals surface area contributed by atoms with Gasteiger partial charge >= 0.3 is 0 Å². The molecule has 0 aliphatic heterocycles. The van der Waals surface area contributed by atoms with Crippen LogP contribution >= 0.6 is 38.9 Å². The minimum Gasteiger partial charge on any atom is -0.352 e. The predicted octanol–water partition coefficient (Wildman–Crippen LogP) is 7.36. The minimum atomic E-state index is 0.465. The number of nitriles is 1. The number of hydrogen-bond donors (Lipinski definition) is 3. The van der Waals surface area contributed by atoms with Gasteiger partial charge in [0.15, 0.2) is 0 Å². The second-order valence-corrected chi connectivity index (χ2v) is 10.8. The number of aromatic nitrogens is 3. The summed E-state index contributed by atoms with van der Waals surface area (Å²) in [5, 5.41) is 18.1. The fourth-order valence-corrected chi connectivity index (χ4v) is 6.02. The van der Waals surface area contributed by atoms with Crippen molar-refractivity contribution in [1.29, 1.82) is 5.26 Å². The molecule has 180 valence electrons. The molecule has 3 aromatic heterocycles. The molecular weight excluding hydrogens is 556 g/mol. The molecule has 0 spiro atoms. The summed E-state index contributed by atoms with van der Waals surface area (Å²) >= 11 is 11.7. The van der Waals surface area contributed by atoms with Crippen LogP contribution < -0.4 is 10.6 Å². The Balaban J connectivity index is 1.37. The maximum atomic E-state index is 9.74. The molecular formula is C27H22BrClN6S. The summed E-state index contributed by atoms with van der Waals surface area (Å²) in [5.74, 6) is 0.990. The third kappa shape index (κ3) is 5.30. The van der Waals surface area contributed by atoms with Gasteiger partial charge in [-0.3, -0.25) is 4.98 Å². The number of rotatable bonds is 8. The molecule has 0 aliphatic rings. The third-order valence-electron chi connectivity index (χ3n) is 5.83. The van der Waals surface area contributed by atoms with Gasteiger partial charge in [0.1, 0.15) is 11.9 Å². The van der Waals surface area contributed by atoms with Gasteiger partial charge in [0, 0.05) is 57.7 Å². The number of nitrogens with one attached hydrogen (secondary N) is 3. The number of aryl methyl sites for hydroxylation is 1.